The summed E-state index contributed by atoms with van der Waals surface area (Å²) in [6.45, 7) is 0. The summed E-state index contributed by atoms with van der Waals surface area (Å²) < 4.78 is 5.23. The Balaban J connectivity index is 2.46. The number of hydrogen-bond donors (Lipinski definition) is 1. The van der Waals surface area contributed by atoms with Crippen molar-refractivity contribution in [2.24, 2.45) is 0 Å². The van der Waals surface area contributed by atoms with Crippen molar-refractivity contribution in [1.82, 2.24) is 9.55 Å². The number of methoxy groups -OCH3 is 1. The van der Waals surface area contributed by atoms with E-state index in [0.29, 0.717) is 4.73 Å². The average molecular weight is 497 g/mol. The molecule has 1 aromatic carbocycles. The number of benzene rings is 1. The third-order valence-electron chi connectivity index (χ3n) is 2.84. The van der Waals surface area contributed by atoms with Gasteiger partial charge in [0.25, 0.3) is 0 Å². The Hall–Kier alpha value is -1.19. The van der Waals surface area contributed by atoms with Gasteiger partial charge in [-0.2, -0.15) is 0 Å². The lowest BCUT2D eigenvalue weighted by molar-refractivity contribution is 0.0597. The fourth-order valence-electron chi connectivity index (χ4n) is 1.73. The maximum atomic E-state index is 12.7. The minimum absolute atomic E-state index is 0.0890. The molecule has 116 valence electrons. The standard InChI is InChI=1S/C13H9Br3N2O4/c1-22-11(21)8-6-7(2-3-9(8)19)10(20)13(15,16)18-5-4-17-12(18)14/h2-6,19H,1H3. The van der Waals surface area contributed by atoms with Gasteiger partial charge in [-0.15, -0.1) is 0 Å². The molecule has 22 heavy (non-hydrogen) atoms. The van der Waals surface area contributed by atoms with Crippen LogP contribution in [0.4, 0.5) is 0 Å². The van der Waals surface area contributed by atoms with Gasteiger partial charge >= 0.3 is 5.97 Å². The van der Waals surface area contributed by atoms with E-state index in [2.05, 4.69) is 57.5 Å². The molecule has 0 fully saturated rings. The number of nitrogens with zero attached hydrogens (tertiary/aromatic N) is 2. The molecule has 9 heteroatoms. The van der Waals surface area contributed by atoms with Crippen LogP contribution in [0.25, 0.3) is 0 Å². The molecule has 1 N–H and O–H groups in total. The first kappa shape index (κ1) is 17.2. The average Bonchev–Trinajstić information content (AvgIpc) is 2.93. The fourth-order valence-corrected chi connectivity index (χ4v) is 3.74. The number of ketones is 1. The lowest BCUT2D eigenvalue weighted by Crippen LogP contribution is -2.29. The number of imidazole rings is 1. The predicted octanol–water partition coefficient (Wildman–Crippen LogP) is 3.42. The van der Waals surface area contributed by atoms with Gasteiger partial charge in [-0.05, 0) is 66.0 Å². The number of phenolic OH excluding ortho intramolecular Hbond substituents is 1. The Bertz CT molecular complexity index is 743. The van der Waals surface area contributed by atoms with Gasteiger partial charge in [0.1, 0.15) is 11.3 Å². The van der Waals surface area contributed by atoms with Crippen molar-refractivity contribution >= 4 is 59.5 Å². The van der Waals surface area contributed by atoms with Gasteiger partial charge in [-0.3, -0.25) is 9.36 Å². The molecule has 0 radical (unpaired) electrons. The molecule has 0 saturated carbocycles. The molecule has 0 saturated heterocycles. The zero-order valence-electron chi connectivity index (χ0n) is 11.1. The Labute approximate surface area is 150 Å². The van der Waals surface area contributed by atoms with Crippen LogP contribution in [-0.4, -0.2) is 33.5 Å². The molecule has 0 aliphatic heterocycles. The SMILES string of the molecule is COC(=O)c1cc(C(=O)C(Br)(Br)n2ccnc2Br)ccc1O. The summed E-state index contributed by atoms with van der Waals surface area (Å²) in [7, 11) is 1.19. The molecule has 0 spiro atoms. The molecule has 0 amide bonds. The van der Waals surface area contributed by atoms with E-state index in [0.717, 1.165) is 0 Å². The van der Waals surface area contributed by atoms with Gasteiger partial charge in [-0.1, -0.05) is 0 Å². The van der Waals surface area contributed by atoms with Gasteiger partial charge in [0.2, 0.25) is 9.14 Å². The van der Waals surface area contributed by atoms with E-state index in [9.17, 15) is 14.7 Å². The Morgan fingerprint density at radius 3 is 2.59 bits per heavy atom. The van der Waals surface area contributed by atoms with Crippen LogP contribution in [-0.2, 0) is 8.09 Å². The number of aromatic hydroxyl groups is 1. The normalized spacial score (nSPS) is 11.3. The predicted molar refractivity (Wildman–Crippen MR) is 89.5 cm³/mol. The highest BCUT2D eigenvalue weighted by atomic mass is 79.9. The van der Waals surface area contributed by atoms with Gasteiger partial charge < -0.3 is 9.84 Å². The van der Waals surface area contributed by atoms with E-state index in [1.165, 1.54) is 36.1 Å². The minimum atomic E-state index is -1.29. The van der Waals surface area contributed by atoms with Crippen molar-refractivity contribution in [2.45, 2.75) is 3.36 Å². The zero-order valence-corrected chi connectivity index (χ0v) is 15.8. The number of rotatable bonds is 4. The molecule has 6 nitrogen and oxygen atoms in total. The summed E-state index contributed by atoms with van der Waals surface area (Å²) >= 11 is 9.83. The molecule has 0 aliphatic rings. The van der Waals surface area contributed by atoms with Crippen LogP contribution >= 0.6 is 47.8 Å². The Kier molecular flexibility index (Phi) is 5.08. The highest BCUT2D eigenvalue weighted by Gasteiger charge is 2.37. The third-order valence-corrected chi connectivity index (χ3v) is 4.91. The topological polar surface area (TPSA) is 81.4 Å². The number of ether oxygens (including phenoxy) is 1. The zero-order chi connectivity index (χ0) is 16.5. The molecule has 1 heterocycles. The summed E-state index contributed by atoms with van der Waals surface area (Å²) in [4.78, 5) is 28.3. The molecule has 2 rings (SSSR count). The number of halogens is 3. The molecule has 0 unspecified atom stereocenters. The number of alkyl halides is 2. The van der Waals surface area contributed by atoms with Crippen molar-refractivity contribution in [3.05, 3.63) is 46.5 Å². The van der Waals surface area contributed by atoms with Crippen molar-refractivity contribution in [1.29, 1.82) is 0 Å². The molecule has 0 aliphatic carbocycles. The van der Waals surface area contributed by atoms with Crippen molar-refractivity contribution in [2.75, 3.05) is 7.11 Å². The molecule has 0 atom stereocenters. The van der Waals surface area contributed by atoms with Crippen LogP contribution in [0.3, 0.4) is 0 Å². The van der Waals surface area contributed by atoms with Gasteiger partial charge in [0.05, 0.1) is 7.11 Å². The lowest BCUT2D eigenvalue weighted by Gasteiger charge is -2.22. The first-order valence-electron chi connectivity index (χ1n) is 5.82. The number of carbonyl (C=O) groups excluding carboxylic acids is 2. The summed E-state index contributed by atoms with van der Waals surface area (Å²) in [6, 6.07) is 3.94. The Morgan fingerprint density at radius 1 is 1.36 bits per heavy atom. The largest absolute Gasteiger partial charge is 0.507 e. The third kappa shape index (κ3) is 3.11. The van der Waals surface area contributed by atoms with Crippen molar-refractivity contribution in [3.8, 4) is 5.75 Å². The number of aromatic nitrogens is 2. The van der Waals surface area contributed by atoms with E-state index >= 15 is 0 Å². The van der Waals surface area contributed by atoms with Crippen LogP contribution in [0.5, 0.6) is 5.75 Å². The highest BCUT2D eigenvalue weighted by Crippen LogP contribution is 2.38. The number of carbonyl (C=O) groups is 2. The molecular formula is C13H9Br3N2O4. The molecular weight excluding hydrogens is 488 g/mol. The molecule has 0 bridgehead atoms. The second kappa shape index (κ2) is 6.51. The summed E-state index contributed by atoms with van der Waals surface area (Å²) in [5, 5.41) is 9.69. The maximum absolute atomic E-state index is 12.7. The summed E-state index contributed by atoms with van der Waals surface area (Å²) in [5.74, 6) is -1.39. The summed E-state index contributed by atoms with van der Waals surface area (Å²) in [6.07, 6.45) is 3.11. The first-order valence-corrected chi connectivity index (χ1v) is 8.20. The minimum Gasteiger partial charge on any atom is -0.507 e. The van der Waals surface area contributed by atoms with Gasteiger partial charge in [-0.25, -0.2) is 9.78 Å². The van der Waals surface area contributed by atoms with Crippen molar-refractivity contribution in [3.63, 3.8) is 0 Å². The van der Waals surface area contributed by atoms with E-state index in [-0.39, 0.29) is 16.9 Å². The summed E-state index contributed by atoms with van der Waals surface area (Å²) in [5.41, 5.74) is 0.112. The number of esters is 1. The quantitative estimate of drug-likeness (QED) is 0.398. The Morgan fingerprint density at radius 2 is 2.05 bits per heavy atom. The second-order valence-electron chi connectivity index (χ2n) is 4.16. The van der Waals surface area contributed by atoms with Gasteiger partial charge in [0.15, 0.2) is 4.73 Å². The van der Waals surface area contributed by atoms with Crippen molar-refractivity contribution < 1.29 is 19.4 Å². The van der Waals surface area contributed by atoms with Crippen LogP contribution < -0.4 is 0 Å². The van der Waals surface area contributed by atoms with Crippen LogP contribution in [0.2, 0.25) is 0 Å². The first-order chi connectivity index (χ1) is 10.3. The van der Waals surface area contributed by atoms with E-state index < -0.39 is 15.1 Å². The molecule has 2 aromatic rings. The molecule has 1 aromatic heterocycles. The number of Topliss-reactive ketones (excluding diaryl/α,β-unsaturated/α-hetero) is 1. The van der Waals surface area contributed by atoms with Crippen LogP contribution in [0.15, 0.2) is 35.3 Å². The van der Waals surface area contributed by atoms with E-state index in [1.807, 2.05) is 0 Å². The smallest absolute Gasteiger partial charge is 0.341 e. The highest BCUT2D eigenvalue weighted by molar-refractivity contribution is 9.25. The van der Waals surface area contributed by atoms with E-state index in [1.54, 1.807) is 6.20 Å². The number of hydrogen-bond acceptors (Lipinski definition) is 5. The fraction of sp³-hybridized carbons (Fsp3) is 0.154. The second-order valence-corrected chi connectivity index (χ2v) is 8.23. The van der Waals surface area contributed by atoms with Crippen LogP contribution in [0, 0.1) is 0 Å². The lowest BCUT2D eigenvalue weighted by atomic mass is 10.1. The monoisotopic (exact) mass is 494 g/mol. The number of phenols is 1. The van der Waals surface area contributed by atoms with E-state index in [4.69, 9.17) is 0 Å². The maximum Gasteiger partial charge on any atom is 0.341 e. The van der Waals surface area contributed by atoms with Gasteiger partial charge in [0, 0.05) is 18.0 Å². The van der Waals surface area contributed by atoms with Crippen LogP contribution in [0.1, 0.15) is 20.7 Å².